The second kappa shape index (κ2) is 8.73. The van der Waals surface area contributed by atoms with E-state index in [1.807, 2.05) is 6.07 Å². The summed E-state index contributed by atoms with van der Waals surface area (Å²) in [4.78, 5) is 19.7. The van der Waals surface area contributed by atoms with Crippen LogP contribution in [0.2, 0.25) is 0 Å². The molecule has 3 rings (SSSR count). The molecule has 4 atom stereocenters. The molecular formula is C20H31N3O5. The average molecular weight is 393 g/mol. The number of ether oxygens (including phenoxy) is 1. The molecule has 0 aromatic carbocycles. The smallest absolute Gasteiger partial charge is 0.351 e. The topological polar surface area (TPSA) is 121 Å². The average Bonchev–Trinajstić information content (AvgIpc) is 3.15. The first kappa shape index (κ1) is 21.0. The zero-order valence-corrected chi connectivity index (χ0v) is 16.6. The van der Waals surface area contributed by atoms with Gasteiger partial charge in [-0.05, 0) is 25.8 Å². The third-order valence-electron chi connectivity index (χ3n) is 5.58. The van der Waals surface area contributed by atoms with E-state index in [9.17, 15) is 20.1 Å². The Morgan fingerprint density at radius 1 is 1.29 bits per heavy atom. The number of aliphatic hydroxyl groups is 3. The second-order valence-corrected chi connectivity index (χ2v) is 7.93. The Morgan fingerprint density at radius 3 is 2.68 bits per heavy atom. The van der Waals surface area contributed by atoms with Crippen LogP contribution in [-0.4, -0.2) is 54.3 Å². The van der Waals surface area contributed by atoms with E-state index in [1.165, 1.54) is 43.6 Å². The van der Waals surface area contributed by atoms with Crippen LogP contribution >= 0.6 is 0 Å². The molecule has 28 heavy (non-hydrogen) atoms. The van der Waals surface area contributed by atoms with Gasteiger partial charge in [-0.15, -0.1) is 0 Å². The van der Waals surface area contributed by atoms with Crippen LogP contribution in [0.1, 0.15) is 64.3 Å². The summed E-state index contributed by atoms with van der Waals surface area (Å²) in [6.07, 6.45) is 6.35. The van der Waals surface area contributed by atoms with E-state index in [2.05, 4.69) is 16.9 Å². The summed E-state index contributed by atoms with van der Waals surface area (Å²) in [7, 11) is 0. The summed E-state index contributed by atoms with van der Waals surface area (Å²) in [5.74, 6) is 0. The molecule has 0 saturated carbocycles. The van der Waals surface area contributed by atoms with Crippen molar-refractivity contribution in [2.24, 2.45) is 0 Å². The molecule has 0 spiro atoms. The summed E-state index contributed by atoms with van der Waals surface area (Å²) < 4.78 is 6.72. The molecule has 1 aliphatic rings. The van der Waals surface area contributed by atoms with Crippen LogP contribution < -0.4 is 5.69 Å². The fourth-order valence-corrected chi connectivity index (χ4v) is 3.85. The molecule has 2 aromatic rings. The van der Waals surface area contributed by atoms with Crippen molar-refractivity contribution in [3.05, 3.63) is 28.4 Å². The molecule has 2 aromatic heterocycles. The molecule has 1 fully saturated rings. The molecule has 0 unspecified atom stereocenters. The molecular weight excluding hydrogens is 362 g/mol. The fourth-order valence-electron chi connectivity index (χ4n) is 3.85. The van der Waals surface area contributed by atoms with E-state index >= 15 is 0 Å². The number of nitrogens with zero attached hydrogens (tertiary/aromatic N) is 2. The van der Waals surface area contributed by atoms with Crippen molar-refractivity contribution in [2.45, 2.75) is 82.8 Å². The summed E-state index contributed by atoms with van der Waals surface area (Å²) in [5, 5.41) is 30.8. The van der Waals surface area contributed by atoms with Crippen molar-refractivity contribution < 1.29 is 20.1 Å². The van der Waals surface area contributed by atoms with Gasteiger partial charge in [0.1, 0.15) is 23.5 Å². The molecule has 0 amide bonds. The van der Waals surface area contributed by atoms with Crippen molar-refractivity contribution in [1.29, 1.82) is 0 Å². The molecule has 0 radical (unpaired) electrons. The lowest BCUT2D eigenvalue weighted by Crippen LogP contribution is -2.46. The lowest BCUT2D eigenvalue weighted by Gasteiger charge is -2.27. The summed E-state index contributed by atoms with van der Waals surface area (Å²) in [6, 6.07) is 1.95. The standard InChI is InChI=1S/C20H31N3O5/c1-3-4-5-6-7-8-9-14-10-13-11-23(19(26)22-17(13)21-14)18-20(2,27)16(25)15(12-24)28-18/h10-11,15-16,18,24-25,27H,3-9,12H2,1-2H3,(H,21,22,26)/t15-,16-,18-,20-/m1/s1. The zero-order valence-electron chi connectivity index (χ0n) is 16.6. The van der Waals surface area contributed by atoms with Gasteiger partial charge in [0.05, 0.1) is 6.61 Å². The Morgan fingerprint density at radius 2 is 2.00 bits per heavy atom. The molecule has 8 heteroatoms. The molecule has 8 nitrogen and oxygen atoms in total. The van der Waals surface area contributed by atoms with Crippen molar-refractivity contribution in [3.63, 3.8) is 0 Å². The molecule has 0 aliphatic carbocycles. The lowest BCUT2D eigenvalue weighted by molar-refractivity contribution is -0.0985. The van der Waals surface area contributed by atoms with Crippen LogP contribution in [0.3, 0.4) is 0 Å². The highest BCUT2D eigenvalue weighted by Gasteiger charge is 2.53. The highest BCUT2D eigenvalue weighted by Crippen LogP contribution is 2.37. The highest BCUT2D eigenvalue weighted by atomic mass is 16.6. The van der Waals surface area contributed by atoms with E-state index in [-0.39, 0.29) is 0 Å². The highest BCUT2D eigenvalue weighted by molar-refractivity contribution is 5.75. The number of unbranched alkanes of at least 4 members (excludes halogenated alkanes) is 5. The second-order valence-electron chi connectivity index (χ2n) is 7.93. The summed E-state index contributed by atoms with van der Waals surface area (Å²) >= 11 is 0. The predicted molar refractivity (Wildman–Crippen MR) is 105 cm³/mol. The minimum absolute atomic E-state index is 0.454. The number of rotatable bonds is 9. The third-order valence-corrected chi connectivity index (χ3v) is 5.58. The number of hydrogen-bond donors (Lipinski definition) is 4. The maximum absolute atomic E-state index is 12.5. The lowest BCUT2D eigenvalue weighted by atomic mass is 9.96. The third kappa shape index (κ3) is 4.15. The molecule has 1 aliphatic heterocycles. The van der Waals surface area contributed by atoms with Crippen molar-refractivity contribution in [1.82, 2.24) is 14.5 Å². The first-order valence-corrected chi connectivity index (χ1v) is 10.2. The number of fused-ring (bicyclic) bond motifs is 1. The quantitative estimate of drug-likeness (QED) is 0.481. The number of aromatic amines is 1. The van der Waals surface area contributed by atoms with Crippen molar-refractivity contribution in [2.75, 3.05) is 6.61 Å². The minimum Gasteiger partial charge on any atom is -0.394 e. The van der Waals surface area contributed by atoms with E-state index < -0.39 is 36.3 Å². The molecule has 1 saturated heterocycles. The Bertz CT molecular complexity index is 844. The van der Waals surface area contributed by atoms with Gasteiger partial charge in [-0.3, -0.25) is 4.57 Å². The van der Waals surface area contributed by atoms with Crippen molar-refractivity contribution in [3.8, 4) is 0 Å². The van der Waals surface area contributed by atoms with Gasteiger partial charge in [0, 0.05) is 17.3 Å². The minimum atomic E-state index is -1.72. The van der Waals surface area contributed by atoms with Gasteiger partial charge < -0.3 is 25.0 Å². The summed E-state index contributed by atoms with van der Waals surface area (Å²) in [5.41, 5.74) is -0.789. The Balaban J connectivity index is 1.75. The number of H-pyrrole nitrogens is 1. The van der Waals surface area contributed by atoms with Crippen LogP contribution in [0.15, 0.2) is 17.1 Å². The molecule has 3 heterocycles. The van der Waals surface area contributed by atoms with Crippen LogP contribution in [0, 0.1) is 0 Å². The van der Waals surface area contributed by atoms with E-state index in [1.54, 1.807) is 6.20 Å². The van der Waals surface area contributed by atoms with Gasteiger partial charge in [0.2, 0.25) is 0 Å². The maximum Gasteiger partial charge on any atom is 0.351 e. The Hall–Kier alpha value is -1.74. The first-order chi connectivity index (χ1) is 13.4. The zero-order chi connectivity index (χ0) is 20.3. The van der Waals surface area contributed by atoms with Gasteiger partial charge >= 0.3 is 5.69 Å². The van der Waals surface area contributed by atoms with Crippen LogP contribution in [0.4, 0.5) is 0 Å². The monoisotopic (exact) mass is 393 g/mol. The first-order valence-electron chi connectivity index (χ1n) is 10.2. The predicted octanol–water partition coefficient (Wildman–Crippen LogP) is 1.63. The van der Waals surface area contributed by atoms with Crippen LogP contribution in [-0.2, 0) is 11.2 Å². The van der Waals surface area contributed by atoms with Gasteiger partial charge in [-0.2, -0.15) is 4.98 Å². The fraction of sp³-hybridized carbons (Fsp3) is 0.700. The number of aryl methyl sites for hydroxylation is 1. The molecule has 156 valence electrons. The van der Waals surface area contributed by atoms with Gasteiger partial charge in [-0.25, -0.2) is 4.79 Å². The maximum atomic E-state index is 12.5. The number of hydrogen-bond acceptors (Lipinski definition) is 6. The number of nitrogens with one attached hydrogen (secondary N) is 1. The molecule has 0 bridgehead atoms. The van der Waals surface area contributed by atoms with Gasteiger partial charge in [0.15, 0.2) is 6.23 Å². The Labute approximate surface area is 164 Å². The van der Waals surface area contributed by atoms with E-state index in [0.29, 0.717) is 5.65 Å². The van der Waals surface area contributed by atoms with Gasteiger partial charge in [0.25, 0.3) is 0 Å². The summed E-state index contributed by atoms with van der Waals surface area (Å²) in [6.45, 7) is 3.13. The van der Waals surface area contributed by atoms with Crippen molar-refractivity contribution >= 4 is 11.0 Å². The van der Waals surface area contributed by atoms with Crippen LogP contribution in [0.5, 0.6) is 0 Å². The largest absolute Gasteiger partial charge is 0.394 e. The van der Waals surface area contributed by atoms with E-state index in [4.69, 9.17) is 4.74 Å². The number of aromatic nitrogens is 3. The van der Waals surface area contributed by atoms with E-state index in [0.717, 1.165) is 23.9 Å². The molecule has 4 N–H and O–H groups in total. The Kier molecular flexibility index (Phi) is 6.54. The normalized spacial score (nSPS) is 27.7. The van der Waals surface area contributed by atoms with Crippen LogP contribution in [0.25, 0.3) is 11.0 Å². The SMILES string of the molecule is CCCCCCCCc1cc2cn([C@@H]3O[C@H](CO)[C@@H](O)[C@@]3(C)O)c(=O)nc2[nH]1. The van der Waals surface area contributed by atoms with Gasteiger partial charge in [-0.1, -0.05) is 39.0 Å². The number of aliphatic hydroxyl groups excluding tert-OH is 2.